The van der Waals surface area contributed by atoms with E-state index < -0.39 is 17.5 Å². The van der Waals surface area contributed by atoms with E-state index in [0.29, 0.717) is 38.5 Å². The van der Waals surface area contributed by atoms with Gasteiger partial charge in [0.05, 0.1) is 18.0 Å². The van der Waals surface area contributed by atoms with Gasteiger partial charge < -0.3 is 24.8 Å². The van der Waals surface area contributed by atoms with Crippen molar-refractivity contribution in [1.29, 1.82) is 5.26 Å². The quantitative estimate of drug-likeness (QED) is 0.525. The first-order valence-electron chi connectivity index (χ1n) is 12.6. The second kappa shape index (κ2) is 14.3. The Morgan fingerprint density at radius 2 is 1.89 bits per heavy atom. The number of cyclic esters (lactones) is 1. The number of nitrogens with zero attached hydrogens (tertiary/aromatic N) is 2. The molecule has 2 fully saturated rings. The predicted octanol–water partition coefficient (Wildman–Crippen LogP) is 4.76. The van der Waals surface area contributed by atoms with Gasteiger partial charge in [-0.15, -0.1) is 0 Å². The molecule has 2 atom stereocenters. The summed E-state index contributed by atoms with van der Waals surface area (Å²) in [7, 11) is 0. The molecule has 2 aliphatic heterocycles. The van der Waals surface area contributed by atoms with Crippen molar-refractivity contribution in [3.8, 4) is 6.07 Å². The first kappa shape index (κ1) is 29.0. The number of amides is 2. The van der Waals surface area contributed by atoms with E-state index in [1.807, 2.05) is 57.2 Å². The van der Waals surface area contributed by atoms with Crippen LogP contribution in [0.4, 0.5) is 9.59 Å². The van der Waals surface area contributed by atoms with Gasteiger partial charge in [0.2, 0.25) is 0 Å². The van der Waals surface area contributed by atoms with Crippen LogP contribution in [-0.2, 0) is 20.7 Å². The van der Waals surface area contributed by atoms with Crippen molar-refractivity contribution >= 4 is 18.2 Å². The van der Waals surface area contributed by atoms with E-state index >= 15 is 0 Å². The molecule has 2 saturated heterocycles. The zero-order valence-electron chi connectivity index (χ0n) is 21.6. The number of benzene rings is 1. The smallest absolute Gasteiger partial charge is 0.410 e. The van der Waals surface area contributed by atoms with E-state index in [0.717, 1.165) is 25.7 Å². The van der Waals surface area contributed by atoms with E-state index in [-0.39, 0.29) is 24.6 Å². The second-order valence-electron chi connectivity index (χ2n) is 10.3. The van der Waals surface area contributed by atoms with Gasteiger partial charge in [-0.05, 0) is 70.8 Å². The Kier molecular flexibility index (Phi) is 11.5. The zero-order valence-corrected chi connectivity index (χ0v) is 21.6. The Bertz CT molecular complexity index is 885. The normalized spacial score (nSPS) is 18.7. The lowest BCUT2D eigenvalue weighted by Gasteiger charge is -2.33. The molecule has 198 valence electrons. The average molecular weight is 502 g/mol. The number of carboxylic acids is 1. The Morgan fingerprint density at radius 3 is 2.42 bits per heavy atom. The summed E-state index contributed by atoms with van der Waals surface area (Å²) < 4.78 is 10.2. The van der Waals surface area contributed by atoms with Crippen molar-refractivity contribution in [1.82, 2.24) is 10.2 Å². The van der Waals surface area contributed by atoms with Crippen molar-refractivity contribution in [2.75, 3.05) is 19.7 Å². The molecule has 9 heteroatoms. The van der Waals surface area contributed by atoms with Crippen LogP contribution < -0.4 is 5.32 Å². The van der Waals surface area contributed by atoms with E-state index in [9.17, 15) is 19.5 Å². The summed E-state index contributed by atoms with van der Waals surface area (Å²) in [5, 5.41) is 20.5. The number of aliphatic carboxylic acids is 1. The highest BCUT2D eigenvalue weighted by Gasteiger charge is 2.28. The maximum absolute atomic E-state index is 12.0. The van der Waals surface area contributed by atoms with E-state index in [4.69, 9.17) is 14.7 Å². The van der Waals surface area contributed by atoms with Crippen molar-refractivity contribution < 1.29 is 29.0 Å². The molecule has 2 amide bonds. The molecule has 0 aliphatic carbocycles. The zero-order chi connectivity index (χ0) is 26.6. The van der Waals surface area contributed by atoms with Gasteiger partial charge in [0.15, 0.2) is 0 Å². The molecule has 0 bridgehead atoms. The van der Waals surface area contributed by atoms with Crippen molar-refractivity contribution in [2.24, 2.45) is 11.8 Å². The first-order chi connectivity index (χ1) is 17.1. The minimum Gasteiger partial charge on any atom is -0.481 e. The van der Waals surface area contributed by atoms with Gasteiger partial charge in [-0.2, -0.15) is 5.26 Å². The maximum atomic E-state index is 12.0. The summed E-state index contributed by atoms with van der Waals surface area (Å²) in [5.74, 6) is -0.803. The fourth-order valence-corrected chi connectivity index (χ4v) is 4.23. The third kappa shape index (κ3) is 11.0. The fraction of sp³-hybridized carbons (Fsp3) is 0.630. The summed E-state index contributed by atoms with van der Waals surface area (Å²) in [6.45, 7) is 7.36. The number of hydrogen-bond donors (Lipinski definition) is 2. The number of ether oxygens (including phenoxy) is 2. The summed E-state index contributed by atoms with van der Waals surface area (Å²) in [6, 6.07) is 12.2. The molecule has 2 N–H and O–H groups in total. The highest BCUT2D eigenvalue weighted by Crippen LogP contribution is 2.26. The SMILES string of the molecule is CC(C)(C)OC(=O)N1CCC(CCC(CCC#N)C(=O)O)CC1.O=C1N[C@@H](Cc2ccccc2)CO1. The van der Waals surface area contributed by atoms with Gasteiger partial charge in [-0.3, -0.25) is 4.79 Å². The van der Waals surface area contributed by atoms with Crippen LogP contribution in [-0.4, -0.2) is 59.5 Å². The topological polar surface area (TPSA) is 129 Å². The minimum atomic E-state index is -0.813. The Labute approximate surface area is 213 Å². The molecule has 0 aromatic heterocycles. The summed E-state index contributed by atoms with van der Waals surface area (Å²) in [6.07, 6.45) is 4.17. The number of alkyl carbamates (subject to hydrolysis) is 1. The molecule has 3 rings (SSSR count). The van der Waals surface area contributed by atoms with Crippen LogP contribution in [0.15, 0.2) is 30.3 Å². The first-order valence-corrected chi connectivity index (χ1v) is 12.6. The highest BCUT2D eigenvalue weighted by molar-refractivity contribution is 5.70. The fourth-order valence-electron chi connectivity index (χ4n) is 4.23. The third-order valence-corrected chi connectivity index (χ3v) is 6.21. The Morgan fingerprint density at radius 1 is 1.22 bits per heavy atom. The van der Waals surface area contributed by atoms with E-state index in [1.54, 1.807) is 4.90 Å². The highest BCUT2D eigenvalue weighted by atomic mass is 16.6. The van der Waals surface area contributed by atoms with Crippen LogP contribution in [0, 0.1) is 23.2 Å². The number of likely N-dealkylation sites (tertiary alicyclic amines) is 1. The molecule has 1 aromatic rings. The number of piperidine rings is 1. The van der Waals surface area contributed by atoms with Gasteiger partial charge >= 0.3 is 18.2 Å². The number of rotatable bonds is 8. The standard InChI is InChI=1S/C17H28N2O4.C10H11NO2/c1-17(2,3)23-16(22)19-11-8-13(9-12-19)6-7-14(15(20)21)5-4-10-18;12-10-11-9(7-13-10)6-8-4-2-1-3-5-8/h13-14H,4-9,11-12H2,1-3H3,(H,20,21);1-5,9H,6-7H2,(H,11,12)/t;9-/m.0/s1. The predicted molar refractivity (Wildman–Crippen MR) is 134 cm³/mol. The molecule has 2 heterocycles. The number of carbonyl (C=O) groups is 3. The summed E-state index contributed by atoms with van der Waals surface area (Å²) in [4.78, 5) is 35.6. The number of nitriles is 1. The van der Waals surface area contributed by atoms with Crippen LogP contribution in [0.3, 0.4) is 0 Å². The third-order valence-electron chi connectivity index (χ3n) is 6.21. The van der Waals surface area contributed by atoms with Crippen molar-refractivity contribution in [3.05, 3.63) is 35.9 Å². The summed E-state index contributed by atoms with van der Waals surface area (Å²) >= 11 is 0. The van der Waals surface area contributed by atoms with E-state index in [2.05, 4.69) is 5.32 Å². The lowest BCUT2D eigenvalue weighted by Crippen LogP contribution is -2.41. The van der Waals surface area contributed by atoms with Crippen LogP contribution in [0.25, 0.3) is 0 Å². The van der Waals surface area contributed by atoms with Gasteiger partial charge in [-0.1, -0.05) is 30.3 Å². The van der Waals surface area contributed by atoms with Crippen molar-refractivity contribution in [2.45, 2.75) is 77.4 Å². The van der Waals surface area contributed by atoms with Gasteiger partial charge in [0.25, 0.3) is 0 Å². The average Bonchev–Trinajstić information content (AvgIpc) is 3.23. The van der Waals surface area contributed by atoms with Crippen molar-refractivity contribution in [3.63, 3.8) is 0 Å². The van der Waals surface area contributed by atoms with Crippen LogP contribution in [0.1, 0.15) is 64.9 Å². The van der Waals surface area contributed by atoms with Gasteiger partial charge in [0, 0.05) is 19.5 Å². The molecule has 0 saturated carbocycles. The molecular formula is C27H39N3O6. The molecular weight excluding hydrogens is 462 g/mol. The molecule has 1 unspecified atom stereocenters. The lowest BCUT2D eigenvalue weighted by atomic mass is 9.87. The van der Waals surface area contributed by atoms with Crippen LogP contribution in [0.5, 0.6) is 0 Å². The molecule has 0 radical (unpaired) electrons. The van der Waals surface area contributed by atoms with Crippen LogP contribution >= 0.6 is 0 Å². The molecule has 0 spiro atoms. The Balaban J connectivity index is 0.000000293. The summed E-state index contributed by atoms with van der Waals surface area (Å²) in [5.41, 5.74) is 0.738. The monoisotopic (exact) mass is 501 g/mol. The lowest BCUT2D eigenvalue weighted by molar-refractivity contribution is -0.142. The number of hydrogen-bond acceptors (Lipinski definition) is 6. The molecule has 9 nitrogen and oxygen atoms in total. The molecule has 36 heavy (non-hydrogen) atoms. The number of nitrogens with one attached hydrogen (secondary N) is 1. The van der Waals surface area contributed by atoms with E-state index in [1.165, 1.54) is 5.56 Å². The number of carbonyl (C=O) groups excluding carboxylic acids is 2. The minimum absolute atomic E-state index is 0.134. The molecule has 1 aromatic carbocycles. The van der Waals surface area contributed by atoms with Gasteiger partial charge in [-0.25, -0.2) is 9.59 Å². The largest absolute Gasteiger partial charge is 0.481 e. The molecule has 2 aliphatic rings. The maximum Gasteiger partial charge on any atom is 0.410 e. The van der Waals surface area contributed by atoms with Crippen LogP contribution in [0.2, 0.25) is 0 Å². The van der Waals surface area contributed by atoms with Gasteiger partial charge in [0.1, 0.15) is 12.2 Å². The number of carboxylic acid groups (broad SMARTS) is 1. The second-order valence-corrected chi connectivity index (χ2v) is 10.3. The Hall–Kier alpha value is -3.28.